The van der Waals surface area contributed by atoms with Gasteiger partial charge in [-0.3, -0.25) is 9.48 Å². The molecular formula is C17H15ClN2O. The maximum Gasteiger partial charge on any atom is 0.177 e. The van der Waals surface area contributed by atoms with Gasteiger partial charge >= 0.3 is 0 Å². The molecule has 5 rings (SSSR count). The van der Waals surface area contributed by atoms with E-state index in [4.69, 9.17) is 11.6 Å². The number of carbonyl (C=O) groups is 1. The van der Waals surface area contributed by atoms with Crippen LogP contribution in [0, 0.1) is 11.3 Å². The van der Waals surface area contributed by atoms with E-state index in [9.17, 15) is 4.79 Å². The third kappa shape index (κ3) is 1.27. The molecule has 1 fully saturated rings. The van der Waals surface area contributed by atoms with Crippen LogP contribution >= 0.6 is 11.6 Å². The zero-order valence-electron chi connectivity index (χ0n) is 11.8. The SMILES string of the molecule is Cn1ncc2c3c(ccc21)C1=C(Cl)C(=O)[C@@H]2CC[C@@]1(C3)C2. The van der Waals surface area contributed by atoms with E-state index in [1.807, 2.05) is 17.9 Å². The number of hydrogen-bond acceptors (Lipinski definition) is 2. The summed E-state index contributed by atoms with van der Waals surface area (Å²) in [4.78, 5) is 12.4. The van der Waals surface area contributed by atoms with Gasteiger partial charge in [-0.15, -0.1) is 0 Å². The maximum atomic E-state index is 12.4. The second-order valence-corrected chi connectivity index (χ2v) is 7.12. The second kappa shape index (κ2) is 3.58. The van der Waals surface area contributed by atoms with Crippen LogP contribution in [0.25, 0.3) is 16.5 Å². The van der Waals surface area contributed by atoms with E-state index in [0.29, 0.717) is 5.03 Å². The highest BCUT2D eigenvalue weighted by Gasteiger charge is 2.54. The van der Waals surface area contributed by atoms with Crippen LogP contribution < -0.4 is 0 Å². The van der Waals surface area contributed by atoms with Gasteiger partial charge in [-0.25, -0.2) is 0 Å². The summed E-state index contributed by atoms with van der Waals surface area (Å²) >= 11 is 6.49. The van der Waals surface area contributed by atoms with Crippen LogP contribution in [0.2, 0.25) is 0 Å². The van der Waals surface area contributed by atoms with Crippen LogP contribution in [0.4, 0.5) is 0 Å². The van der Waals surface area contributed by atoms with E-state index < -0.39 is 0 Å². The van der Waals surface area contributed by atoms with Crippen molar-refractivity contribution in [3.8, 4) is 0 Å². The minimum atomic E-state index is 0.113. The molecule has 106 valence electrons. The molecule has 2 bridgehead atoms. The van der Waals surface area contributed by atoms with Crippen molar-refractivity contribution in [2.75, 3.05) is 0 Å². The molecule has 0 unspecified atom stereocenters. The lowest BCUT2D eigenvalue weighted by Gasteiger charge is -2.30. The first kappa shape index (κ1) is 12.0. The van der Waals surface area contributed by atoms with E-state index in [-0.39, 0.29) is 17.1 Å². The molecule has 1 spiro atoms. The van der Waals surface area contributed by atoms with Crippen LogP contribution in [0.5, 0.6) is 0 Å². The summed E-state index contributed by atoms with van der Waals surface area (Å²) in [6, 6.07) is 4.24. The fourth-order valence-electron chi connectivity index (χ4n) is 4.81. The first-order chi connectivity index (χ1) is 10.1. The first-order valence-corrected chi connectivity index (χ1v) is 7.87. The Morgan fingerprint density at radius 2 is 2.29 bits per heavy atom. The fourth-order valence-corrected chi connectivity index (χ4v) is 5.27. The molecule has 2 aromatic rings. The number of fused-ring (bicyclic) bond motifs is 5. The lowest BCUT2D eigenvalue weighted by Crippen LogP contribution is -2.25. The van der Waals surface area contributed by atoms with Crippen LogP contribution in [0.3, 0.4) is 0 Å². The zero-order valence-corrected chi connectivity index (χ0v) is 12.6. The lowest BCUT2D eigenvalue weighted by molar-refractivity contribution is -0.118. The lowest BCUT2D eigenvalue weighted by atomic mass is 9.74. The van der Waals surface area contributed by atoms with Crippen LogP contribution in [-0.2, 0) is 18.3 Å². The average Bonchev–Trinajstić information content (AvgIpc) is 3.12. The summed E-state index contributed by atoms with van der Waals surface area (Å²) in [6.45, 7) is 0. The van der Waals surface area contributed by atoms with Crippen molar-refractivity contribution in [2.24, 2.45) is 18.4 Å². The summed E-state index contributed by atoms with van der Waals surface area (Å²) in [5.74, 6) is 0.318. The van der Waals surface area contributed by atoms with E-state index >= 15 is 0 Å². The molecule has 1 saturated carbocycles. The molecule has 3 nitrogen and oxygen atoms in total. The molecule has 3 aliphatic carbocycles. The number of hydrogen-bond donors (Lipinski definition) is 0. The highest BCUT2D eigenvalue weighted by molar-refractivity contribution is 6.46. The van der Waals surface area contributed by atoms with Gasteiger partial charge in [-0.2, -0.15) is 5.10 Å². The molecular weight excluding hydrogens is 284 g/mol. The van der Waals surface area contributed by atoms with E-state index in [1.165, 1.54) is 16.5 Å². The van der Waals surface area contributed by atoms with Gasteiger partial charge in [0, 0.05) is 23.8 Å². The Labute approximate surface area is 127 Å². The summed E-state index contributed by atoms with van der Waals surface area (Å²) in [6.07, 6.45) is 6.02. The zero-order chi connectivity index (χ0) is 14.4. The topological polar surface area (TPSA) is 34.9 Å². The maximum absolute atomic E-state index is 12.4. The number of carbonyl (C=O) groups excluding carboxylic acids is 1. The normalized spacial score (nSPS) is 30.2. The smallest absolute Gasteiger partial charge is 0.177 e. The third-order valence-corrected chi connectivity index (χ3v) is 6.15. The molecule has 0 radical (unpaired) electrons. The Hall–Kier alpha value is -1.61. The number of nitrogens with zero attached hydrogens (tertiary/aromatic N) is 2. The van der Waals surface area contributed by atoms with Crippen LogP contribution in [0.15, 0.2) is 23.4 Å². The molecule has 21 heavy (non-hydrogen) atoms. The molecule has 2 atom stereocenters. The largest absolute Gasteiger partial charge is 0.293 e. The highest BCUT2D eigenvalue weighted by atomic mass is 35.5. The van der Waals surface area contributed by atoms with Crippen molar-refractivity contribution >= 4 is 33.9 Å². The number of aryl methyl sites for hydroxylation is 1. The molecule has 0 amide bonds. The van der Waals surface area contributed by atoms with Crippen molar-refractivity contribution in [1.29, 1.82) is 0 Å². The number of benzene rings is 1. The molecule has 0 aliphatic heterocycles. The summed E-state index contributed by atoms with van der Waals surface area (Å²) < 4.78 is 1.91. The summed E-state index contributed by atoms with van der Waals surface area (Å²) in [7, 11) is 1.97. The van der Waals surface area contributed by atoms with Gasteiger partial charge in [-0.1, -0.05) is 17.7 Å². The van der Waals surface area contributed by atoms with Gasteiger partial charge < -0.3 is 0 Å². The molecule has 3 aliphatic rings. The van der Waals surface area contributed by atoms with Gasteiger partial charge in [-0.05, 0) is 48.4 Å². The Kier molecular flexibility index (Phi) is 2.05. The van der Waals surface area contributed by atoms with Crippen molar-refractivity contribution < 1.29 is 4.79 Å². The van der Waals surface area contributed by atoms with Crippen molar-refractivity contribution in [3.05, 3.63) is 34.5 Å². The molecule has 0 N–H and O–H groups in total. The second-order valence-electron chi connectivity index (χ2n) is 6.74. The third-order valence-electron chi connectivity index (χ3n) is 5.77. The Morgan fingerprint density at radius 3 is 3.14 bits per heavy atom. The quantitative estimate of drug-likeness (QED) is 0.746. The Bertz CT molecular complexity index is 863. The van der Waals surface area contributed by atoms with E-state index in [0.717, 1.165) is 36.8 Å². The van der Waals surface area contributed by atoms with Gasteiger partial charge in [0.1, 0.15) is 0 Å². The highest BCUT2D eigenvalue weighted by Crippen LogP contribution is 2.63. The number of Topliss-reactive ketones (excluding diaryl/α,β-unsaturated/α-hetero) is 1. The van der Waals surface area contributed by atoms with Crippen molar-refractivity contribution in [1.82, 2.24) is 9.78 Å². The number of aromatic nitrogens is 2. The molecule has 4 heteroatoms. The summed E-state index contributed by atoms with van der Waals surface area (Å²) in [5.41, 5.74) is 4.92. The minimum Gasteiger partial charge on any atom is -0.293 e. The minimum absolute atomic E-state index is 0.113. The number of halogens is 1. The standard InChI is InChI=1S/C17H15ClN2O/c1-20-13-3-2-10-11(12(13)8-19-20)7-17-5-4-9(6-17)16(21)15(18)14(10)17/h2-3,8-9H,4-7H2,1H3/t9-,17+/m1/s1. The molecule has 1 aromatic carbocycles. The van der Waals surface area contributed by atoms with Crippen LogP contribution in [0.1, 0.15) is 30.4 Å². The molecule has 1 heterocycles. The number of allylic oxidation sites excluding steroid dienone is 2. The predicted molar refractivity (Wildman–Crippen MR) is 82.0 cm³/mol. The Morgan fingerprint density at radius 1 is 1.43 bits per heavy atom. The van der Waals surface area contributed by atoms with E-state index in [2.05, 4.69) is 17.2 Å². The Balaban J connectivity index is 1.87. The number of rotatable bonds is 0. The molecule has 0 saturated heterocycles. The van der Waals surface area contributed by atoms with Gasteiger partial charge in [0.25, 0.3) is 0 Å². The van der Waals surface area contributed by atoms with E-state index in [1.54, 1.807) is 0 Å². The van der Waals surface area contributed by atoms with Crippen molar-refractivity contribution in [3.63, 3.8) is 0 Å². The van der Waals surface area contributed by atoms with Gasteiger partial charge in [0.05, 0.1) is 16.7 Å². The molecule has 1 aromatic heterocycles. The van der Waals surface area contributed by atoms with Gasteiger partial charge in [0.15, 0.2) is 5.78 Å². The average molecular weight is 299 g/mol. The number of ketones is 1. The predicted octanol–water partition coefficient (Wildman–Crippen LogP) is 3.45. The fraction of sp³-hybridized carbons (Fsp3) is 0.412. The summed E-state index contributed by atoms with van der Waals surface area (Å²) in [5, 5.41) is 6.10. The monoisotopic (exact) mass is 298 g/mol. The first-order valence-electron chi connectivity index (χ1n) is 7.49. The van der Waals surface area contributed by atoms with Crippen molar-refractivity contribution in [2.45, 2.75) is 25.7 Å². The van der Waals surface area contributed by atoms with Gasteiger partial charge in [0.2, 0.25) is 0 Å². The van der Waals surface area contributed by atoms with Crippen LogP contribution in [-0.4, -0.2) is 15.6 Å².